The molecule has 4 rings (SSSR count). The monoisotopic (exact) mass is 450 g/mol. The van der Waals surface area contributed by atoms with Gasteiger partial charge in [-0.25, -0.2) is 4.98 Å². The molecular formula is C23H19BrN2O3. The molecule has 5 nitrogen and oxygen atoms in total. The number of amides is 1. The van der Waals surface area contributed by atoms with Crippen molar-refractivity contribution in [2.45, 2.75) is 13.8 Å². The van der Waals surface area contributed by atoms with Crippen LogP contribution in [0.1, 0.15) is 21.5 Å². The molecule has 1 amide bonds. The van der Waals surface area contributed by atoms with E-state index in [1.54, 1.807) is 25.3 Å². The summed E-state index contributed by atoms with van der Waals surface area (Å²) in [6.07, 6.45) is 0. The van der Waals surface area contributed by atoms with Gasteiger partial charge in [-0.1, -0.05) is 12.1 Å². The van der Waals surface area contributed by atoms with Gasteiger partial charge in [0.2, 0.25) is 5.89 Å². The van der Waals surface area contributed by atoms with Crippen molar-refractivity contribution in [3.63, 3.8) is 0 Å². The van der Waals surface area contributed by atoms with Crippen molar-refractivity contribution in [3.05, 3.63) is 75.8 Å². The van der Waals surface area contributed by atoms with Crippen LogP contribution in [0.25, 0.3) is 22.6 Å². The van der Waals surface area contributed by atoms with Crippen LogP contribution in [0.2, 0.25) is 0 Å². The van der Waals surface area contributed by atoms with E-state index < -0.39 is 0 Å². The van der Waals surface area contributed by atoms with Crippen LogP contribution in [-0.2, 0) is 0 Å². The molecule has 29 heavy (non-hydrogen) atoms. The van der Waals surface area contributed by atoms with Gasteiger partial charge in [-0.05, 0) is 83.4 Å². The Morgan fingerprint density at radius 3 is 2.69 bits per heavy atom. The van der Waals surface area contributed by atoms with Gasteiger partial charge in [0.1, 0.15) is 11.3 Å². The second-order valence-electron chi connectivity index (χ2n) is 6.77. The first-order valence-corrected chi connectivity index (χ1v) is 9.87. The Morgan fingerprint density at radius 1 is 1.10 bits per heavy atom. The van der Waals surface area contributed by atoms with Crippen LogP contribution in [0, 0.1) is 13.8 Å². The fourth-order valence-corrected chi connectivity index (χ4v) is 3.70. The van der Waals surface area contributed by atoms with Crippen molar-refractivity contribution >= 4 is 38.6 Å². The van der Waals surface area contributed by atoms with Crippen LogP contribution in [0.3, 0.4) is 0 Å². The Bertz CT molecular complexity index is 1230. The highest BCUT2D eigenvalue weighted by atomic mass is 79.9. The molecule has 0 aliphatic carbocycles. The van der Waals surface area contributed by atoms with Gasteiger partial charge in [0.15, 0.2) is 5.58 Å². The van der Waals surface area contributed by atoms with Crippen molar-refractivity contribution in [1.29, 1.82) is 0 Å². The van der Waals surface area contributed by atoms with Crippen molar-refractivity contribution in [2.75, 3.05) is 12.4 Å². The molecule has 3 aromatic carbocycles. The van der Waals surface area contributed by atoms with E-state index in [-0.39, 0.29) is 5.91 Å². The molecule has 0 radical (unpaired) electrons. The number of anilines is 1. The van der Waals surface area contributed by atoms with E-state index in [0.717, 1.165) is 32.3 Å². The van der Waals surface area contributed by atoms with Crippen LogP contribution in [-0.4, -0.2) is 18.0 Å². The number of benzene rings is 3. The second kappa shape index (κ2) is 7.72. The molecular weight excluding hydrogens is 432 g/mol. The highest BCUT2D eigenvalue weighted by Crippen LogP contribution is 2.31. The van der Waals surface area contributed by atoms with Crippen molar-refractivity contribution in [1.82, 2.24) is 4.98 Å². The maximum Gasteiger partial charge on any atom is 0.255 e. The lowest BCUT2D eigenvalue weighted by atomic mass is 10.1. The molecule has 0 saturated carbocycles. The first-order valence-electron chi connectivity index (χ1n) is 9.08. The van der Waals surface area contributed by atoms with Gasteiger partial charge < -0.3 is 14.5 Å². The van der Waals surface area contributed by atoms with Gasteiger partial charge in [-0.3, -0.25) is 4.79 Å². The van der Waals surface area contributed by atoms with Crippen molar-refractivity contribution in [2.24, 2.45) is 0 Å². The molecule has 146 valence electrons. The fourth-order valence-electron chi connectivity index (χ4n) is 3.16. The predicted molar refractivity (Wildman–Crippen MR) is 118 cm³/mol. The number of rotatable bonds is 4. The zero-order valence-electron chi connectivity index (χ0n) is 16.2. The SMILES string of the molecule is COc1ccc(C(=O)Nc2cccc(-c3nc4cc(C)ccc4o3)c2C)cc1Br. The normalized spacial score (nSPS) is 10.9. The quantitative estimate of drug-likeness (QED) is 0.405. The van der Waals surface area contributed by atoms with E-state index in [0.29, 0.717) is 22.9 Å². The number of hydrogen-bond acceptors (Lipinski definition) is 4. The molecule has 1 aromatic heterocycles. The average molecular weight is 451 g/mol. The zero-order chi connectivity index (χ0) is 20.5. The Kier molecular flexibility index (Phi) is 5.11. The van der Waals surface area contributed by atoms with Gasteiger partial charge in [-0.2, -0.15) is 0 Å². The minimum Gasteiger partial charge on any atom is -0.496 e. The number of carbonyl (C=O) groups excluding carboxylic acids is 1. The third-order valence-electron chi connectivity index (χ3n) is 4.77. The van der Waals surface area contributed by atoms with E-state index in [1.807, 2.05) is 50.2 Å². The number of aromatic nitrogens is 1. The number of oxazole rings is 1. The summed E-state index contributed by atoms with van der Waals surface area (Å²) >= 11 is 3.41. The number of carbonyl (C=O) groups is 1. The predicted octanol–water partition coefficient (Wildman–Crippen LogP) is 6.14. The van der Waals surface area contributed by atoms with Gasteiger partial charge in [0, 0.05) is 16.8 Å². The Morgan fingerprint density at radius 2 is 1.93 bits per heavy atom. The van der Waals surface area contributed by atoms with Crippen LogP contribution in [0.5, 0.6) is 5.75 Å². The lowest BCUT2D eigenvalue weighted by Crippen LogP contribution is -2.13. The average Bonchev–Trinajstić information content (AvgIpc) is 3.12. The number of ether oxygens (including phenoxy) is 1. The molecule has 0 aliphatic rings. The first-order chi connectivity index (χ1) is 14.0. The highest BCUT2D eigenvalue weighted by molar-refractivity contribution is 9.10. The van der Waals surface area contributed by atoms with Crippen LogP contribution >= 0.6 is 15.9 Å². The third-order valence-corrected chi connectivity index (χ3v) is 5.39. The highest BCUT2D eigenvalue weighted by Gasteiger charge is 2.15. The summed E-state index contributed by atoms with van der Waals surface area (Å²) in [6.45, 7) is 3.96. The summed E-state index contributed by atoms with van der Waals surface area (Å²) < 4.78 is 11.9. The van der Waals surface area contributed by atoms with E-state index >= 15 is 0 Å². The second-order valence-corrected chi connectivity index (χ2v) is 7.63. The summed E-state index contributed by atoms with van der Waals surface area (Å²) in [5, 5.41) is 2.97. The summed E-state index contributed by atoms with van der Waals surface area (Å²) in [5.41, 5.74) is 5.64. The van der Waals surface area contributed by atoms with Crippen LogP contribution < -0.4 is 10.1 Å². The minimum atomic E-state index is -0.207. The molecule has 0 atom stereocenters. The maximum absolute atomic E-state index is 12.7. The molecule has 4 aromatic rings. The Balaban J connectivity index is 1.65. The number of halogens is 1. The van der Waals surface area contributed by atoms with Gasteiger partial charge in [0.25, 0.3) is 5.91 Å². The van der Waals surface area contributed by atoms with E-state index in [9.17, 15) is 4.79 Å². The molecule has 1 N–H and O–H groups in total. The number of fused-ring (bicyclic) bond motifs is 1. The summed E-state index contributed by atoms with van der Waals surface area (Å²) in [4.78, 5) is 17.3. The van der Waals surface area contributed by atoms with Crippen molar-refractivity contribution < 1.29 is 13.9 Å². The van der Waals surface area contributed by atoms with Gasteiger partial charge >= 0.3 is 0 Å². The van der Waals surface area contributed by atoms with Gasteiger partial charge in [0.05, 0.1) is 11.6 Å². The van der Waals surface area contributed by atoms with Gasteiger partial charge in [-0.15, -0.1) is 0 Å². The lowest BCUT2D eigenvalue weighted by molar-refractivity contribution is 0.102. The molecule has 0 bridgehead atoms. The standard InChI is InChI=1S/C23H19BrN2O3/c1-13-7-9-21-19(11-13)26-23(29-21)16-5-4-6-18(14(16)2)25-22(27)15-8-10-20(28-3)17(24)12-15/h4-12H,1-3H3,(H,25,27). The molecule has 6 heteroatoms. The molecule has 0 spiro atoms. The number of nitrogens with one attached hydrogen (secondary N) is 1. The van der Waals surface area contributed by atoms with E-state index in [2.05, 4.69) is 26.2 Å². The molecule has 0 fully saturated rings. The first kappa shape index (κ1) is 19.2. The number of methoxy groups -OCH3 is 1. The summed E-state index contributed by atoms with van der Waals surface area (Å²) in [5.74, 6) is 0.999. The Hall–Kier alpha value is -3.12. The van der Waals surface area contributed by atoms with E-state index in [4.69, 9.17) is 9.15 Å². The topological polar surface area (TPSA) is 64.4 Å². The zero-order valence-corrected chi connectivity index (χ0v) is 17.8. The number of nitrogens with zero attached hydrogens (tertiary/aromatic N) is 1. The third kappa shape index (κ3) is 3.76. The molecule has 0 aliphatic heterocycles. The van der Waals surface area contributed by atoms with E-state index in [1.165, 1.54) is 0 Å². The summed E-state index contributed by atoms with van der Waals surface area (Å²) in [6, 6.07) is 16.8. The molecule has 0 unspecified atom stereocenters. The van der Waals surface area contributed by atoms with Crippen LogP contribution in [0.15, 0.2) is 63.5 Å². The van der Waals surface area contributed by atoms with Crippen LogP contribution in [0.4, 0.5) is 5.69 Å². The molecule has 1 heterocycles. The fraction of sp³-hybridized carbons (Fsp3) is 0.130. The number of aryl methyl sites for hydroxylation is 1. The Labute approximate surface area is 176 Å². The number of hydrogen-bond donors (Lipinski definition) is 1. The lowest BCUT2D eigenvalue weighted by Gasteiger charge is -2.12. The summed E-state index contributed by atoms with van der Waals surface area (Å²) in [7, 11) is 1.59. The molecule has 0 saturated heterocycles. The largest absolute Gasteiger partial charge is 0.496 e. The minimum absolute atomic E-state index is 0.207. The smallest absolute Gasteiger partial charge is 0.255 e. The maximum atomic E-state index is 12.7. The van der Waals surface area contributed by atoms with Crippen molar-refractivity contribution in [3.8, 4) is 17.2 Å².